The summed E-state index contributed by atoms with van der Waals surface area (Å²) in [5, 5.41) is 0. The van der Waals surface area contributed by atoms with E-state index in [0.717, 1.165) is 6.42 Å². The van der Waals surface area contributed by atoms with Crippen LogP contribution in [0.4, 0.5) is 0 Å². The largest absolute Gasteiger partial charge is 0.295 e. The second-order valence-corrected chi connectivity index (χ2v) is 7.31. The minimum Gasteiger partial charge on any atom is -0.295 e. The Bertz CT molecular complexity index is 415. The molecule has 1 aliphatic rings. The van der Waals surface area contributed by atoms with Gasteiger partial charge in [-0.15, -0.1) is 0 Å². The van der Waals surface area contributed by atoms with Crippen molar-refractivity contribution in [2.24, 2.45) is 11.3 Å². The van der Waals surface area contributed by atoms with E-state index in [1.807, 2.05) is 0 Å². The fourth-order valence-electron chi connectivity index (χ4n) is 3.07. The molecule has 20 heavy (non-hydrogen) atoms. The maximum absolute atomic E-state index is 11.7. The number of rotatable bonds is 7. The topological polar surface area (TPSA) is 17.1 Å². The Labute approximate surface area is 137 Å². The highest BCUT2D eigenvalue weighted by Crippen LogP contribution is 2.46. The second-order valence-electron chi connectivity index (χ2n) is 6.23. The van der Waals surface area contributed by atoms with Crippen molar-refractivity contribution in [1.29, 1.82) is 0 Å². The first kappa shape index (κ1) is 17.7. The van der Waals surface area contributed by atoms with Crippen molar-refractivity contribution in [2.75, 3.05) is 4.43 Å². The smallest absolute Gasteiger partial charge is 0.159 e. The lowest BCUT2D eigenvalue weighted by Crippen LogP contribution is -2.30. The lowest BCUT2D eigenvalue weighted by Gasteiger charge is -2.40. The zero-order valence-electron chi connectivity index (χ0n) is 13.0. The minimum atomic E-state index is 0.0851. The van der Waals surface area contributed by atoms with Crippen LogP contribution in [0.1, 0.15) is 52.9 Å². The average Bonchev–Trinajstić information content (AvgIpc) is 2.41. The van der Waals surface area contributed by atoms with E-state index in [9.17, 15) is 4.79 Å². The molecule has 0 aromatic heterocycles. The van der Waals surface area contributed by atoms with Gasteiger partial charge < -0.3 is 0 Å². The van der Waals surface area contributed by atoms with Crippen molar-refractivity contribution in [3.8, 4) is 0 Å². The van der Waals surface area contributed by atoms with Gasteiger partial charge >= 0.3 is 0 Å². The maximum atomic E-state index is 11.7. The predicted molar refractivity (Wildman–Crippen MR) is 96.3 cm³/mol. The molecule has 0 aromatic rings. The van der Waals surface area contributed by atoms with Crippen molar-refractivity contribution in [3.05, 3.63) is 36.0 Å². The van der Waals surface area contributed by atoms with Gasteiger partial charge in [-0.25, -0.2) is 0 Å². The Hall–Kier alpha value is -0.380. The molecule has 1 unspecified atom stereocenters. The maximum Gasteiger partial charge on any atom is 0.159 e. The molecular formula is C18H27IO. The first-order valence-corrected chi connectivity index (χ1v) is 9.03. The third-order valence-electron chi connectivity index (χ3n) is 4.50. The molecule has 0 radical (unpaired) electrons. The van der Waals surface area contributed by atoms with Gasteiger partial charge in [-0.2, -0.15) is 0 Å². The number of hydrogen-bond acceptors (Lipinski definition) is 1. The summed E-state index contributed by atoms with van der Waals surface area (Å²) in [6, 6.07) is 0. The van der Waals surface area contributed by atoms with Crippen LogP contribution < -0.4 is 0 Å². The van der Waals surface area contributed by atoms with Gasteiger partial charge in [-0.05, 0) is 54.4 Å². The molecule has 0 saturated carbocycles. The predicted octanol–water partition coefficient (Wildman–Crippen LogP) is 5.66. The van der Waals surface area contributed by atoms with Crippen LogP contribution in [-0.4, -0.2) is 10.2 Å². The van der Waals surface area contributed by atoms with E-state index < -0.39 is 0 Å². The third kappa shape index (κ3) is 4.57. The van der Waals surface area contributed by atoms with Gasteiger partial charge in [0.05, 0.1) is 0 Å². The van der Waals surface area contributed by atoms with Crippen molar-refractivity contribution in [2.45, 2.75) is 52.9 Å². The fourth-order valence-corrected chi connectivity index (χ4v) is 3.52. The van der Waals surface area contributed by atoms with E-state index in [4.69, 9.17) is 0 Å². The summed E-state index contributed by atoms with van der Waals surface area (Å²) in [5.74, 6) is 0.690. The van der Waals surface area contributed by atoms with Crippen LogP contribution in [0.15, 0.2) is 36.0 Å². The average molecular weight is 386 g/mol. The van der Waals surface area contributed by atoms with Crippen molar-refractivity contribution >= 4 is 28.4 Å². The molecular weight excluding hydrogens is 359 g/mol. The van der Waals surface area contributed by atoms with Gasteiger partial charge in [0.25, 0.3) is 0 Å². The molecule has 0 N–H and O–H groups in total. The lowest BCUT2D eigenvalue weighted by atomic mass is 9.64. The molecule has 1 aliphatic carbocycles. The van der Waals surface area contributed by atoms with Crippen LogP contribution in [0, 0.1) is 11.3 Å². The molecule has 0 aromatic carbocycles. The van der Waals surface area contributed by atoms with Crippen LogP contribution in [-0.2, 0) is 4.79 Å². The highest BCUT2D eigenvalue weighted by Gasteiger charge is 2.36. The number of unbranched alkanes of at least 4 members (excludes halogenated alkanes) is 1. The fraction of sp³-hybridized carbons (Fsp3) is 0.611. The molecule has 0 heterocycles. The molecule has 1 nitrogen and oxygen atoms in total. The van der Waals surface area contributed by atoms with Gasteiger partial charge in [0.2, 0.25) is 0 Å². The first-order valence-electron chi connectivity index (χ1n) is 7.50. The zero-order valence-corrected chi connectivity index (χ0v) is 15.2. The zero-order chi connectivity index (χ0) is 15.2. The van der Waals surface area contributed by atoms with Crippen LogP contribution in [0.2, 0.25) is 0 Å². The summed E-state index contributed by atoms with van der Waals surface area (Å²) in [6.45, 7) is 10.4. The van der Waals surface area contributed by atoms with E-state index in [-0.39, 0.29) is 11.2 Å². The Morgan fingerprint density at radius 1 is 1.50 bits per heavy atom. The van der Waals surface area contributed by atoms with Crippen molar-refractivity contribution in [1.82, 2.24) is 0 Å². The molecule has 1 rings (SSSR count). The Kier molecular flexibility index (Phi) is 7.21. The molecule has 0 aliphatic heterocycles. The van der Waals surface area contributed by atoms with Gasteiger partial charge in [0.1, 0.15) is 0 Å². The molecule has 1 atom stereocenters. The second kappa shape index (κ2) is 8.16. The Morgan fingerprint density at radius 2 is 2.20 bits per heavy atom. The Morgan fingerprint density at radius 3 is 2.80 bits per heavy atom. The Balaban J connectivity index is 2.86. The van der Waals surface area contributed by atoms with Gasteiger partial charge in [-0.3, -0.25) is 4.79 Å². The summed E-state index contributed by atoms with van der Waals surface area (Å²) < 4.78 is 1.22. The van der Waals surface area contributed by atoms with Crippen LogP contribution in [0.3, 0.4) is 0 Å². The molecule has 0 spiro atoms. The van der Waals surface area contributed by atoms with Crippen LogP contribution >= 0.6 is 22.6 Å². The number of halogens is 1. The normalized spacial score (nSPS) is 22.3. The van der Waals surface area contributed by atoms with E-state index in [0.29, 0.717) is 12.3 Å². The monoisotopic (exact) mass is 386 g/mol. The van der Waals surface area contributed by atoms with Crippen LogP contribution in [0.5, 0.6) is 0 Å². The summed E-state index contributed by atoms with van der Waals surface area (Å²) in [4.78, 5) is 11.7. The van der Waals surface area contributed by atoms with Crippen LogP contribution in [0.25, 0.3) is 0 Å². The minimum absolute atomic E-state index is 0.0851. The van der Waals surface area contributed by atoms with Gasteiger partial charge in [0.15, 0.2) is 5.78 Å². The quantitative estimate of drug-likeness (QED) is 0.182. The highest BCUT2D eigenvalue weighted by molar-refractivity contribution is 14.1. The standard InChI is InChI=1S/C18H27IO/c1-5-16(20)13-17-14(2)10-11-15(18(17,3)4)9-7-6-8-12-19/h5,7,9,15H,1,6,8,10-13H2,2-4H3/b9-7-. The van der Waals surface area contributed by atoms with E-state index in [2.05, 4.69) is 62.1 Å². The summed E-state index contributed by atoms with van der Waals surface area (Å²) in [7, 11) is 0. The summed E-state index contributed by atoms with van der Waals surface area (Å²) in [6.07, 6.45) is 11.4. The highest BCUT2D eigenvalue weighted by atomic mass is 127. The van der Waals surface area contributed by atoms with E-state index in [1.54, 1.807) is 0 Å². The number of hydrogen-bond donors (Lipinski definition) is 0. The lowest BCUT2D eigenvalue weighted by molar-refractivity contribution is -0.114. The number of carbonyl (C=O) groups excluding carboxylic acids is 1. The van der Waals surface area contributed by atoms with Crippen molar-refractivity contribution in [3.63, 3.8) is 0 Å². The summed E-state index contributed by atoms with van der Waals surface area (Å²) >= 11 is 2.42. The van der Waals surface area contributed by atoms with Gasteiger partial charge in [0, 0.05) is 6.42 Å². The molecule has 0 saturated heterocycles. The molecule has 112 valence electrons. The molecule has 0 amide bonds. The molecule has 0 bridgehead atoms. The number of alkyl halides is 1. The SMILES string of the molecule is C=CC(=O)CC1=C(C)CCC(/C=C\CCCI)C1(C)C. The van der Waals surface area contributed by atoms with Crippen molar-refractivity contribution < 1.29 is 4.79 Å². The molecule has 2 heteroatoms. The first-order chi connectivity index (χ1) is 9.43. The number of carbonyl (C=O) groups is 1. The molecule has 0 fully saturated rings. The van der Waals surface area contributed by atoms with E-state index >= 15 is 0 Å². The van der Waals surface area contributed by atoms with E-state index in [1.165, 1.54) is 40.9 Å². The number of allylic oxidation sites excluding steroid dienone is 5. The van der Waals surface area contributed by atoms with Gasteiger partial charge in [-0.1, -0.05) is 66.3 Å². The third-order valence-corrected chi connectivity index (χ3v) is 5.26. The number of ketones is 1. The summed E-state index contributed by atoms with van der Waals surface area (Å²) in [5.41, 5.74) is 2.82.